The van der Waals surface area contributed by atoms with Gasteiger partial charge >= 0.3 is 0 Å². The predicted octanol–water partition coefficient (Wildman–Crippen LogP) is 1.44. The summed E-state index contributed by atoms with van der Waals surface area (Å²) < 4.78 is 0. The maximum absolute atomic E-state index is 4.98. The zero-order valence-corrected chi connectivity index (χ0v) is 10.2. The molecule has 0 aliphatic rings. The number of rotatable bonds is 1. The van der Waals surface area contributed by atoms with Crippen molar-refractivity contribution in [1.82, 2.24) is 0 Å². The molecule has 0 rings (SSSR count). The average molecular weight is 341 g/mol. The first-order valence-corrected chi connectivity index (χ1v) is 1.65. The van der Waals surface area contributed by atoms with Crippen LogP contribution in [0.25, 0.3) is 0 Å². The van der Waals surface area contributed by atoms with Crippen LogP contribution in [0.15, 0.2) is 6.08 Å². The molecule has 7 heavy (non-hydrogen) atoms. The summed E-state index contributed by atoms with van der Waals surface area (Å²) in [5, 5.41) is 0. The van der Waals surface area contributed by atoms with Gasteiger partial charge in [-0.15, -0.1) is 0 Å². The smallest absolute Gasteiger partial charge is 0 e. The van der Waals surface area contributed by atoms with E-state index in [1.54, 1.807) is 6.08 Å². The monoisotopic (exact) mass is 341 g/mol. The van der Waals surface area contributed by atoms with Crippen molar-refractivity contribution in [3.05, 3.63) is 19.6 Å². The molecule has 0 amide bonds. The Bertz CT molecular complexity index is 35.1. The van der Waals surface area contributed by atoms with E-state index in [4.69, 9.17) is 6.58 Å². The summed E-state index contributed by atoms with van der Waals surface area (Å²) in [5.41, 5.74) is 0. The van der Waals surface area contributed by atoms with E-state index in [0.29, 0.717) is 0 Å². The zero-order chi connectivity index (χ0) is 4.28. The zero-order valence-electron chi connectivity index (χ0n) is 4.42. The largest absolute Gasteiger partial charge is 0.520 e. The molecular formula is C5H8WY-2. The number of hydrogen-bond acceptors (Lipinski definition) is 0. The van der Waals surface area contributed by atoms with Crippen LogP contribution in [0.4, 0.5) is 0 Å². The summed E-state index contributed by atoms with van der Waals surface area (Å²) in [6.07, 6.45) is 1.56. The van der Waals surface area contributed by atoms with E-state index in [-0.39, 0.29) is 59.7 Å². The van der Waals surface area contributed by atoms with Gasteiger partial charge in [-0.05, 0) is 0 Å². The van der Waals surface area contributed by atoms with Gasteiger partial charge in [-0.1, -0.05) is 6.92 Å². The Morgan fingerprint density at radius 1 is 1.71 bits per heavy atom. The summed E-state index contributed by atoms with van der Waals surface area (Å²) in [5.74, 6) is 0.287. The Labute approximate surface area is 85.3 Å². The second kappa shape index (κ2) is 10.5. The summed E-state index contributed by atoms with van der Waals surface area (Å²) in [7, 11) is 0. The molecule has 0 aromatic rings. The third kappa shape index (κ3) is 18.5. The van der Waals surface area contributed by atoms with Gasteiger partial charge < -0.3 is 13.5 Å². The minimum absolute atomic E-state index is 0. The molecule has 2 heteroatoms. The first-order chi connectivity index (χ1) is 2.27. The number of allylic oxidation sites excluding steroid dienone is 1. The van der Waals surface area contributed by atoms with Crippen molar-refractivity contribution in [2.75, 3.05) is 0 Å². The molecule has 0 aromatic carbocycles. The fraction of sp³-hybridized carbons (Fsp3) is 0.400. The van der Waals surface area contributed by atoms with Crippen molar-refractivity contribution in [3.8, 4) is 0 Å². The van der Waals surface area contributed by atoms with Crippen molar-refractivity contribution >= 4 is 0 Å². The van der Waals surface area contributed by atoms with Crippen LogP contribution < -0.4 is 0 Å². The molecule has 0 spiro atoms. The average Bonchev–Trinajstić information content (AvgIpc) is 1.38. The van der Waals surface area contributed by atoms with E-state index >= 15 is 0 Å². The molecular weight excluding hydrogens is 333 g/mol. The molecule has 0 N–H and O–H groups in total. The molecule has 0 bridgehead atoms. The molecule has 1 unspecified atom stereocenters. The van der Waals surface area contributed by atoms with Gasteiger partial charge in [0.25, 0.3) is 0 Å². The van der Waals surface area contributed by atoms with Crippen LogP contribution >= 0.6 is 0 Å². The maximum atomic E-state index is 4.98. The topological polar surface area (TPSA) is 0 Å². The molecule has 0 fully saturated rings. The molecule has 39 valence electrons. The fourth-order valence-corrected chi connectivity index (χ4v) is 0. The van der Waals surface area contributed by atoms with Gasteiger partial charge in [0, 0.05) is 53.8 Å². The van der Waals surface area contributed by atoms with E-state index in [1.165, 1.54) is 0 Å². The van der Waals surface area contributed by atoms with E-state index in [2.05, 4.69) is 6.92 Å². The van der Waals surface area contributed by atoms with E-state index in [0.717, 1.165) is 0 Å². The van der Waals surface area contributed by atoms with Gasteiger partial charge in [0.2, 0.25) is 0 Å². The van der Waals surface area contributed by atoms with Crippen LogP contribution in [-0.2, 0) is 53.8 Å². The van der Waals surface area contributed by atoms with Crippen LogP contribution in [0, 0.1) is 19.4 Å². The molecule has 0 heterocycles. The van der Waals surface area contributed by atoms with E-state index in [1.807, 2.05) is 6.92 Å². The third-order valence-corrected chi connectivity index (χ3v) is 0.329. The van der Waals surface area contributed by atoms with Crippen molar-refractivity contribution < 1.29 is 53.8 Å². The van der Waals surface area contributed by atoms with Crippen LogP contribution in [0.2, 0.25) is 0 Å². The summed E-state index contributed by atoms with van der Waals surface area (Å²) >= 11 is 0. The standard InChI is InChI=1S/C5H8.W.Y/c1-4-5(2)3;;/h1,4-5H,2H2,3H3;;/q-2;;. The second-order valence-corrected chi connectivity index (χ2v) is 1.17. The van der Waals surface area contributed by atoms with Crippen molar-refractivity contribution in [3.63, 3.8) is 0 Å². The Morgan fingerprint density at radius 3 is 1.86 bits per heavy atom. The van der Waals surface area contributed by atoms with Crippen molar-refractivity contribution in [1.29, 1.82) is 0 Å². The van der Waals surface area contributed by atoms with E-state index in [9.17, 15) is 0 Å². The molecule has 1 radical (unpaired) electrons. The molecule has 0 aromatic heterocycles. The minimum Gasteiger partial charge on any atom is -0.520 e. The van der Waals surface area contributed by atoms with Crippen LogP contribution in [0.1, 0.15) is 6.92 Å². The van der Waals surface area contributed by atoms with Gasteiger partial charge in [-0.3, -0.25) is 6.08 Å². The van der Waals surface area contributed by atoms with E-state index < -0.39 is 0 Å². The molecule has 0 saturated carbocycles. The van der Waals surface area contributed by atoms with Gasteiger partial charge in [0.1, 0.15) is 0 Å². The molecule has 1 atom stereocenters. The molecule has 0 aliphatic heterocycles. The van der Waals surface area contributed by atoms with Gasteiger partial charge in [0.15, 0.2) is 0 Å². The first kappa shape index (κ1) is 15.8. The molecule has 0 saturated heterocycles. The normalized spacial score (nSPS) is 10.0. The Morgan fingerprint density at radius 2 is 1.86 bits per heavy atom. The number of hydrogen-bond donors (Lipinski definition) is 0. The van der Waals surface area contributed by atoms with Crippen LogP contribution in [0.5, 0.6) is 0 Å². The minimum atomic E-state index is 0. The predicted molar refractivity (Wildman–Crippen MR) is 23.4 cm³/mol. The second-order valence-electron chi connectivity index (χ2n) is 1.17. The maximum Gasteiger partial charge on any atom is 0 e. The van der Waals surface area contributed by atoms with Crippen LogP contribution in [0.3, 0.4) is 0 Å². The van der Waals surface area contributed by atoms with Crippen LogP contribution in [-0.4, -0.2) is 0 Å². The Balaban J connectivity index is -0.0000000800. The summed E-state index contributed by atoms with van der Waals surface area (Å²) in [6.45, 7) is 10.5. The van der Waals surface area contributed by atoms with Crippen molar-refractivity contribution in [2.24, 2.45) is 5.92 Å². The fourth-order valence-electron chi connectivity index (χ4n) is 0. The van der Waals surface area contributed by atoms with Gasteiger partial charge in [-0.2, -0.15) is 5.92 Å². The molecule has 0 nitrogen and oxygen atoms in total. The van der Waals surface area contributed by atoms with Crippen molar-refractivity contribution in [2.45, 2.75) is 6.92 Å². The quantitative estimate of drug-likeness (QED) is 0.634. The Hall–Kier alpha value is 1.53. The van der Waals surface area contributed by atoms with Gasteiger partial charge in [-0.25, -0.2) is 0 Å². The van der Waals surface area contributed by atoms with Gasteiger partial charge in [0.05, 0.1) is 0 Å². The molecule has 0 aliphatic carbocycles. The SMILES string of the molecule is [CH-]=CC([CH2-])C.[W].[Y]. The summed E-state index contributed by atoms with van der Waals surface area (Å²) in [6, 6.07) is 0. The Kier molecular flexibility index (Phi) is 23.7. The summed E-state index contributed by atoms with van der Waals surface area (Å²) in [4.78, 5) is 0. The first-order valence-electron chi connectivity index (χ1n) is 1.65. The third-order valence-electron chi connectivity index (χ3n) is 0.329.